The number of rotatable bonds is 2. The maximum absolute atomic E-state index is 6.20. The second-order valence-electron chi connectivity index (χ2n) is 3.79. The van der Waals surface area contributed by atoms with Crippen molar-refractivity contribution < 1.29 is 0 Å². The molecule has 94 valence electrons. The molecule has 1 nitrogen and oxygen atoms in total. The van der Waals surface area contributed by atoms with E-state index in [1.807, 2.05) is 24.3 Å². The van der Waals surface area contributed by atoms with Crippen molar-refractivity contribution in [2.45, 2.75) is 6.04 Å². The van der Waals surface area contributed by atoms with E-state index in [4.69, 9.17) is 40.5 Å². The van der Waals surface area contributed by atoms with E-state index in [2.05, 4.69) is 15.9 Å². The van der Waals surface area contributed by atoms with Gasteiger partial charge >= 0.3 is 0 Å². The van der Waals surface area contributed by atoms with Gasteiger partial charge in [-0.1, -0.05) is 53.0 Å². The van der Waals surface area contributed by atoms with Gasteiger partial charge in [0.1, 0.15) is 0 Å². The lowest BCUT2D eigenvalue weighted by atomic mass is 10.00. The number of benzene rings is 2. The standard InChI is InChI=1S/C13H9BrCl3N/c14-9-6-7(4-5-10(9)15)13(18)8-2-1-3-11(16)12(8)17/h1-6,13H,18H2. The Kier molecular flexibility index (Phi) is 4.57. The summed E-state index contributed by atoms with van der Waals surface area (Å²) in [5, 5.41) is 1.62. The van der Waals surface area contributed by atoms with Crippen LogP contribution < -0.4 is 5.73 Å². The van der Waals surface area contributed by atoms with Crippen LogP contribution in [0.1, 0.15) is 17.2 Å². The Morgan fingerprint density at radius 3 is 2.39 bits per heavy atom. The SMILES string of the molecule is NC(c1ccc(Cl)c(Br)c1)c1cccc(Cl)c1Cl. The van der Waals surface area contributed by atoms with E-state index in [0.717, 1.165) is 15.6 Å². The van der Waals surface area contributed by atoms with Crippen LogP contribution >= 0.6 is 50.7 Å². The minimum atomic E-state index is -0.343. The van der Waals surface area contributed by atoms with E-state index >= 15 is 0 Å². The Morgan fingerprint density at radius 2 is 1.72 bits per heavy atom. The summed E-state index contributed by atoms with van der Waals surface area (Å²) in [7, 11) is 0. The first-order valence-corrected chi connectivity index (χ1v) is 7.08. The van der Waals surface area contributed by atoms with Crippen LogP contribution in [0.25, 0.3) is 0 Å². The highest BCUT2D eigenvalue weighted by atomic mass is 79.9. The Balaban J connectivity index is 2.44. The lowest BCUT2D eigenvalue weighted by Gasteiger charge is -2.15. The lowest BCUT2D eigenvalue weighted by Crippen LogP contribution is -2.12. The molecule has 0 spiro atoms. The van der Waals surface area contributed by atoms with Crippen LogP contribution in [0, 0.1) is 0 Å². The van der Waals surface area contributed by atoms with Crippen molar-refractivity contribution in [3.05, 3.63) is 67.1 Å². The third-order valence-electron chi connectivity index (χ3n) is 2.62. The molecule has 0 saturated heterocycles. The first-order valence-electron chi connectivity index (χ1n) is 5.15. The Morgan fingerprint density at radius 1 is 1.00 bits per heavy atom. The van der Waals surface area contributed by atoms with Crippen molar-refractivity contribution in [3.8, 4) is 0 Å². The van der Waals surface area contributed by atoms with E-state index in [-0.39, 0.29) is 6.04 Å². The molecule has 0 heterocycles. The van der Waals surface area contributed by atoms with Crippen molar-refractivity contribution in [1.82, 2.24) is 0 Å². The zero-order chi connectivity index (χ0) is 13.3. The highest BCUT2D eigenvalue weighted by Crippen LogP contribution is 2.33. The smallest absolute Gasteiger partial charge is 0.0643 e. The predicted molar refractivity (Wildman–Crippen MR) is 81.6 cm³/mol. The van der Waals surface area contributed by atoms with Gasteiger partial charge < -0.3 is 5.73 Å². The fraction of sp³-hybridized carbons (Fsp3) is 0.0769. The van der Waals surface area contributed by atoms with E-state index in [9.17, 15) is 0 Å². The van der Waals surface area contributed by atoms with E-state index in [0.29, 0.717) is 15.1 Å². The molecule has 0 aliphatic carbocycles. The second-order valence-corrected chi connectivity index (χ2v) is 5.84. The molecule has 0 fully saturated rings. The predicted octanol–water partition coefficient (Wildman–Crippen LogP) is 5.46. The van der Waals surface area contributed by atoms with Gasteiger partial charge in [-0.2, -0.15) is 0 Å². The molecular weight excluding hydrogens is 356 g/mol. The van der Waals surface area contributed by atoms with Crippen molar-refractivity contribution in [3.63, 3.8) is 0 Å². The average Bonchev–Trinajstić information content (AvgIpc) is 2.35. The molecule has 0 aliphatic heterocycles. The van der Waals surface area contributed by atoms with E-state index in [1.54, 1.807) is 12.1 Å². The maximum atomic E-state index is 6.20. The van der Waals surface area contributed by atoms with Crippen LogP contribution in [0.3, 0.4) is 0 Å². The van der Waals surface area contributed by atoms with Crippen LogP contribution in [0.4, 0.5) is 0 Å². The van der Waals surface area contributed by atoms with Crippen molar-refractivity contribution >= 4 is 50.7 Å². The lowest BCUT2D eigenvalue weighted by molar-refractivity contribution is 0.871. The maximum Gasteiger partial charge on any atom is 0.0643 e. The molecule has 0 aliphatic rings. The molecule has 1 unspecified atom stereocenters. The molecule has 1 atom stereocenters. The van der Waals surface area contributed by atoms with Crippen LogP contribution in [-0.4, -0.2) is 0 Å². The zero-order valence-electron chi connectivity index (χ0n) is 9.13. The fourth-order valence-corrected chi connectivity index (χ4v) is 2.59. The summed E-state index contributed by atoms with van der Waals surface area (Å²) in [6, 6.07) is 10.6. The molecule has 2 rings (SSSR count). The summed E-state index contributed by atoms with van der Waals surface area (Å²) < 4.78 is 0.801. The molecule has 18 heavy (non-hydrogen) atoms. The molecule has 0 amide bonds. The van der Waals surface area contributed by atoms with E-state index < -0.39 is 0 Å². The van der Waals surface area contributed by atoms with Crippen LogP contribution in [0.5, 0.6) is 0 Å². The fourth-order valence-electron chi connectivity index (χ4n) is 1.65. The average molecular weight is 365 g/mol. The molecule has 2 aromatic carbocycles. The highest BCUT2D eigenvalue weighted by molar-refractivity contribution is 9.10. The number of halogens is 4. The minimum Gasteiger partial charge on any atom is -0.320 e. The van der Waals surface area contributed by atoms with Gasteiger partial charge in [-0.25, -0.2) is 0 Å². The van der Waals surface area contributed by atoms with Crippen LogP contribution in [0.2, 0.25) is 15.1 Å². The van der Waals surface area contributed by atoms with Gasteiger partial charge in [0.25, 0.3) is 0 Å². The number of hydrogen-bond acceptors (Lipinski definition) is 1. The van der Waals surface area contributed by atoms with Crippen molar-refractivity contribution in [1.29, 1.82) is 0 Å². The van der Waals surface area contributed by atoms with Gasteiger partial charge in [-0.3, -0.25) is 0 Å². The molecular formula is C13H9BrCl3N. The topological polar surface area (TPSA) is 26.0 Å². The van der Waals surface area contributed by atoms with Crippen LogP contribution in [0.15, 0.2) is 40.9 Å². The highest BCUT2D eigenvalue weighted by Gasteiger charge is 2.15. The van der Waals surface area contributed by atoms with Gasteiger partial charge in [0.05, 0.1) is 21.1 Å². The third kappa shape index (κ3) is 2.84. The van der Waals surface area contributed by atoms with Gasteiger partial charge in [-0.05, 0) is 45.3 Å². The van der Waals surface area contributed by atoms with Gasteiger partial charge in [0.15, 0.2) is 0 Å². The van der Waals surface area contributed by atoms with Gasteiger partial charge in [-0.15, -0.1) is 0 Å². The Hall–Kier alpha value is -0.250. The van der Waals surface area contributed by atoms with Gasteiger partial charge in [0.2, 0.25) is 0 Å². The number of hydrogen-bond donors (Lipinski definition) is 1. The van der Waals surface area contributed by atoms with Crippen molar-refractivity contribution in [2.24, 2.45) is 5.73 Å². The van der Waals surface area contributed by atoms with E-state index in [1.165, 1.54) is 0 Å². The Bertz CT molecular complexity index is 586. The largest absolute Gasteiger partial charge is 0.320 e. The third-order valence-corrected chi connectivity index (χ3v) is 4.67. The molecule has 5 heteroatoms. The first kappa shape index (κ1) is 14.2. The summed E-state index contributed by atoms with van der Waals surface area (Å²) in [4.78, 5) is 0. The first-order chi connectivity index (χ1) is 8.50. The quantitative estimate of drug-likeness (QED) is 0.752. The normalized spacial score (nSPS) is 12.5. The monoisotopic (exact) mass is 363 g/mol. The second kappa shape index (κ2) is 5.81. The number of nitrogens with two attached hydrogens (primary N) is 1. The summed E-state index contributed by atoms with van der Waals surface area (Å²) in [6.07, 6.45) is 0. The summed E-state index contributed by atoms with van der Waals surface area (Å²) >= 11 is 21.5. The molecule has 2 N–H and O–H groups in total. The van der Waals surface area contributed by atoms with Gasteiger partial charge in [0, 0.05) is 4.47 Å². The molecule has 0 aromatic heterocycles. The summed E-state index contributed by atoms with van der Waals surface area (Å²) in [5.41, 5.74) is 7.90. The summed E-state index contributed by atoms with van der Waals surface area (Å²) in [6.45, 7) is 0. The zero-order valence-corrected chi connectivity index (χ0v) is 13.0. The van der Waals surface area contributed by atoms with Crippen LogP contribution in [-0.2, 0) is 0 Å². The molecule has 0 saturated carbocycles. The van der Waals surface area contributed by atoms with Crippen molar-refractivity contribution in [2.75, 3.05) is 0 Å². The molecule has 0 radical (unpaired) electrons. The molecule has 0 bridgehead atoms. The Labute approximate surface area is 129 Å². The minimum absolute atomic E-state index is 0.343. The molecule has 2 aromatic rings. The summed E-state index contributed by atoms with van der Waals surface area (Å²) in [5.74, 6) is 0.